The van der Waals surface area contributed by atoms with Gasteiger partial charge in [0.2, 0.25) is 0 Å². The Balaban J connectivity index is 1.51. The number of nitrogens with one attached hydrogen (secondary N) is 1. The number of carbonyl (C=O) groups excluding carboxylic acids is 2. The molecule has 1 amide bonds. The van der Waals surface area contributed by atoms with E-state index >= 15 is 0 Å². The molecular formula is C24H23NO4. The van der Waals surface area contributed by atoms with E-state index in [2.05, 4.69) is 29.6 Å². The molecule has 0 atom stereocenters. The van der Waals surface area contributed by atoms with E-state index in [0.29, 0.717) is 6.54 Å². The molecular weight excluding hydrogens is 366 g/mol. The Bertz CT molecular complexity index is 885. The molecule has 3 aromatic carbocycles. The predicted molar refractivity (Wildman–Crippen MR) is 111 cm³/mol. The van der Waals surface area contributed by atoms with Crippen molar-refractivity contribution >= 4 is 11.9 Å². The molecule has 5 nitrogen and oxygen atoms in total. The zero-order chi connectivity index (χ0) is 20.5. The van der Waals surface area contributed by atoms with Crippen molar-refractivity contribution in [3.63, 3.8) is 0 Å². The highest BCUT2D eigenvalue weighted by atomic mass is 16.5. The van der Waals surface area contributed by atoms with Crippen LogP contribution in [-0.4, -0.2) is 30.1 Å². The van der Waals surface area contributed by atoms with Gasteiger partial charge in [0.1, 0.15) is 5.75 Å². The van der Waals surface area contributed by atoms with Crippen LogP contribution in [0.2, 0.25) is 0 Å². The van der Waals surface area contributed by atoms with E-state index in [1.54, 1.807) is 0 Å². The minimum absolute atomic E-state index is 0.0608. The number of aromatic hydroxyl groups is 1. The van der Waals surface area contributed by atoms with Crippen molar-refractivity contribution in [3.8, 4) is 5.75 Å². The zero-order valence-corrected chi connectivity index (χ0v) is 16.0. The molecule has 0 unspecified atom stereocenters. The van der Waals surface area contributed by atoms with Crippen molar-refractivity contribution in [1.29, 1.82) is 0 Å². The van der Waals surface area contributed by atoms with Gasteiger partial charge >= 0.3 is 5.97 Å². The van der Waals surface area contributed by atoms with Gasteiger partial charge in [-0.3, -0.25) is 4.79 Å². The van der Waals surface area contributed by atoms with Crippen molar-refractivity contribution in [3.05, 3.63) is 102 Å². The van der Waals surface area contributed by atoms with Crippen molar-refractivity contribution in [2.75, 3.05) is 13.2 Å². The molecule has 0 aliphatic rings. The second-order valence-corrected chi connectivity index (χ2v) is 6.64. The van der Waals surface area contributed by atoms with Crippen LogP contribution >= 0.6 is 0 Å². The molecule has 0 saturated heterocycles. The standard InChI is InChI=1S/C24H23NO4/c26-21-13-11-20(12-14-21)24(28)29-17-23(27)25-16-15-22(18-7-3-1-4-8-18)19-9-5-2-6-10-19/h1-14,22,26H,15-17H2,(H,25,27). The number of ether oxygens (including phenoxy) is 1. The van der Waals surface area contributed by atoms with E-state index in [0.717, 1.165) is 6.42 Å². The maximum absolute atomic E-state index is 12.1. The van der Waals surface area contributed by atoms with Gasteiger partial charge in [0, 0.05) is 12.5 Å². The number of hydrogen-bond acceptors (Lipinski definition) is 4. The monoisotopic (exact) mass is 389 g/mol. The van der Waals surface area contributed by atoms with Crippen LogP contribution in [0.3, 0.4) is 0 Å². The highest BCUT2D eigenvalue weighted by Crippen LogP contribution is 2.27. The van der Waals surface area contributed by atoms with Gasteiger partial charge in [0.25, 0.3) is 5.91 Å². The molecule has 3 aromatic rings. The van der Waals surface area contributed by atoms with Crippen LogP contribution in [0.15, 0.2) is 84.9 Å². The maximum atomic E-state index is 12.1. The number of carbonyl (C=O) groups is 2. The van der Waals surface area contributed by atoms with Crippen LogP contribution in [-0.2, 0) is 9.53 Å². The van der Waals surface area contributed by atoms with Crippen molar-refractivity contribution in [1.82, 2.24) is 5.32 Å². The normalized spacial score (nSPS) is 10.5. The van der Waals surface area contributed by atoms with E-state index < -0.39 is 5.97 Å². The van der Waals surface area contributed by atoms with Crippen molar-refractivity contribution in [2.24, 2.45) is 0 Å². The highest BCUT2D eigenvalue weighted by Gasteiger charge is 2.15. The number of amides is 1. The predicted octanol–water partition coefficient (Wildman–Crippen LogP) is 3.89. The molecule has 0 bridgehead atoms. The molecule has 0 saturated carbocycles. The van der Waals surface area contributed by atoms with Gasteiger partial charge in [0.05, 0.1) is 5.56 Å². The Labute approximate surface area is 170 Å². The van der Waals surface area contributed by atoms with Gasteiger partial charge in [-0.15, -0.1) is 0 Å². The molecule has 0 fully saturated rings. The van der Waals surface area contributed by atoms with Crippen LogP contribution in [0.25, 0.3) is 0 Å². The van der Waals surface area contributed by atoms with E-state index in [1.807, 2.05) is 36.4 Å². The minimum atomic E-state index is -0.605. The van der Waals surface area contributed by atoms with Gasteiger partial charge in [-0.25, -0.2) is 4.79 Å². The summed E-state index contributed by atoms with van der Waals surface area (Å²) in [6, 6.07) is 26.0. The summed E-state index contributed by atoms with van der Waals surface area (Å²) in [4.78, 5) is 24.0. The van der Waals surface area contributed by atoms with Gasteiger partial charge in [-0.05, 0) is 41.8 Å². The summed E-state index contributed by atoms with van der Waals surface area (Å²) in [5, 5.41) is 12.1. The molecule has 0 aromatic heterocycles. The van der Waals surface area contributed by atoms with E-state index in [4.69, 9.17) is 4.74 Å². The summed E-state index contributed by atoms with van der Waals surface area (Å²) in [6.45, 7) is 0.116. The lowest BCUT2D eigenvalue weighted by atomic mass is 9.88. The minimum Gasteiger partial charge on any atom is -0.508 e. The third kappa shape index (κ3) is 5.94. The Hall–Kier alpha value is -3.60. The number of rotatable bonds is 8. The Kier molecular flexibility index (Phi) is 7.00. The summed E-state index contributed by atoms with van der Waals surface area (Å²) in [5.41, 5.74) is 2.65. The Morgan fingerprint density at radius 3 is 1.93 bits per heavy atom. The van der Waals surface area contributed by atoms with Crippen molar-refractivity contribution in [2.45, 2.75) is 12.3 Å². The van der Waals surface area contributed by atoms with Crippen LogP contribution in [0.1, 0.15) is 33.8 Å². The summed E-state index contributed by atoms with van der Waals surface area (Å²) in [5.74, 6) is -0.730. The second kappa shape index (κ2) is 10.1. The van der Waals surface area contributed by atoms with Crippen LogP contribution in [0.4, 0.5) is 0 Å². The maximum Gasteiger partial charge on any atom is 0.338 e. The lowest BCUT2D eigenvalue weighted by Crippen LogP contribution is -2.30. The fourth-order valence-electron chi connectivity index (χ4n) is 3.12. The van der Waals surface area contributed by atoms with Gasteiger partial charge < -0.3 is 15.2 Å². The summed E-state index contributed by atoms with van der Waals surface area (Å²) >= 11 is 0. The molecule has 0 heterocycles. The third-order valence-corrected chi connectivity index (χ3v) is 4.60. The molecule has 5 heteroatoms. The second-order valence-electron chi connectivity index (χ2n) is 6.64. The summed E-state index contributed by atoms with van der Waals surface area (Å²) in [6.07, 6.45) is 0.728. The molecule has 0 aliphatic carbocycles. The number of phenols is 1. The summed E-state index contributed by atoms with van der Waals surface area (Å²) in [7, 11) is 0. The zero-order valence-electron chi connectivity index (χ0n) is 16.0. The highest BCUT2D eigenvalue weighted by molar-refractivity contribution is 5.91. The van der Waals surface area contributed by atoms with Crippen LogP contribution < -0.4 is 5.32 Å². The number of esters is 1. The number of benzene rings is 3. The van der Waals surface area contributed by atoms with Gasteiger partial charge in [0.15, 0.2) is 6.61 Å². The average molecular weight is 389 g/mol. The first-order valence-electron chi connectivity index (χ1n) is 9.46. The van der Waals surface area contributed by atoms with Gasteiger partial charge in [-0.2, -0.15) is 0 Å². The lowest BCUT2D eigenvalue weighted by Gasteiger charge is -2.18. The first-order chi connectivity index (χ1) is 14.1. The average Bonchev–Trinajstić information content (AvgIpc) is 2.77. The molecule has 2 N–H and O–H groups in total. The molecule has 3 rings (SSSR count). The molecule has 0 spiro atoms. The van der Waals surface area contributed by atoms with Gasteiger partial charge in [-0.1, -0.05) is 60.7 Å². The molecule has 29 heavy (non-hydrogen) atoms. The first kappa shape index (κ1) is 20.1. The third-order valence-electron chi connectivity index (χ3n) is 4.60. The fourth-order valence-corrected chi connectivity index (χ4v) is 3.12. The molecule has 0 aliphatic heterocycles. The van der Waals surface area contributed by atoms with Crippen molar-refractivity contribution < 1.29 is 19.4 Å². The fraction of sp³-hybridized carbons (Fsp3) is 0.167. The quantitative estimate of drug-likeness (QED) is 0.573. The molecule has 0 radical (unpaired) electrons. The number of phenolic OH excluding ortho intramolecular Hbond substituents is 1. The SMILES string of the molecule is O=C(COC(=O)c1ccc(O)cc1)NCCC(c1ccccc1)c1ccccc1. The first-order valence-corrected chi connectivity index (χ1v) is 9.46. The Morgan fingerprint density at radius 2 is 1.38 bits per heavy atom. The van der Waals surface area contributed by atoms with Crippen LogP contribution in [0, 0.1) is 0 Å². The smallest absolute Gasteiger partial charge is 0.338 e. The largest absolute Gasteiger partial charge is 0.508 e. The summed E-state index contributed by atoms with van der Waals surface area (Å²) < 4.78 is 5.02. The lowest BCUT2D eigenvalue weighted by molar-refractivity contribution is -0.124. The van der Waals surface area contributed by atoms with Crippen LogP contribution in [0.5, 0.6) is 5.75 Å². The molecule has 148 valence electrons. The topological polar surface area (TPSA) is 75.6 Å². The van der Waals surface area contributed by atoms with E-state index in [-0.39, 0.29) is 29.7 Å². The number of hydrogen-bond donors (Lipinski definition) is 2. The van der Waals surface area contributed by atoms with E-state index in [1.165, 1.54) is 35.4 Å². The van der Waals surface area contributed by atoms with E-state index in [9.17, 15) is 14.7 Å². The Morgan fingerprint density at radius 1 is 0.828 bits per heavy atom.